The Labute approximate surface area is 141 Å². The van der Waals surface area contributed by atoms with Crippen molar-refractivity contribution in [3.63, 3.8) is 0 Å². The second kappa shape index (κ2) is 4.15. The van der Waals surface area contributed by atoms with Gasteiger partial charge in [-0.1, -0.05) is 11.6 Å². The number of rotatable bonds is 1. The molecule has 1 unspecified atom stereocenters. The Morgan fingerprint density at radius 2 is 1.67 bits per heavy atom. The van der Waals surface area contributed by atoms with Crippen LogP contribution in [0.25, 0.3) is 11.0 Å². The minimum Gasteiger partial charge on any atom is -0.367 e. The molecule has 0 radical (unpaired) electrons. The number of fused-ring (bicyclic) bond motifs is 6. The molecule has 124 valence electrons. The highest BCUT2D eigenvalue weighted by Gasteiger charge is 2.72. The first-order valence-corrected chi connectivity index (χ1v) is 8.22. The van der Waals surface area contributed by atoms with Gasteiger partial charge in [-0.25, -0.2) is 9.53 Å². The van der Waals surface area contributed by atoms with Crippen molar-refractivity contribution in [2.45, 2.75) is 37.9 Å². The smallest absolute Gasteiger partial charge is 0.240 e. The number of imide groups is 1. The molecule has 3 saturated heterocycles. The number of nitrogens with zero attached hydrogens (tertiary/aromatic N) is 3. The summed E-state index contributed by atoms with van der Waals surface area (Å²) in [7, 11) is 0. The Bertz CT molecular complexity index is 893. The van der Waals surface area contributed by atoms with Crippen LogP contribution >= 0.6 is 11.6 Å². The average Bonchev–Trinajstić information content (AvgIpc) is 3.23. The van der Waals surface area contributed by atoms with Crippen molar-refractivity contribution in [1.82, 2.24) is 10.3 Å². The Kier molecular flexibility index (Phi) is 2.48. The van der Waals surface area contributed by atoms with Gasteiger partial charge < -0.3 is 4.74 Å². The predicted molar refractivity (Wildman–Crippen MR) is 83.4 cm³/mol. The normalized spacial score (nSPS) is 37.7. The first-order chi connectivity index (χ1) is 11.4. The van der Waals surface area contributed by atoms with Crippen LogP contribution in [0.4, 0.5) is 5.69 Å². The van der Waals surface area contributed by atoms with Crippen LogP contribution in [0.15, 0.2) is 16.8 Å². The molecule has 3 fully saturated rings. The number of aromatic nitrogens is 2. The van der Waals surface area contributed by atoms with Crippen molar-refractivity contribution in [2.75, 3.05) is 4.90 Å². The number of hydrogen-bond acceptors (Lipinski definition) is 6. The zero-order valence-electron chi connectivity index (χ0n) is 13.1. The molecule has 0 aliphatic carbocycles. The van der Waals surface area contributed by atoms with Gasteiger partial charge >= 0.3 is 0 Å². The SMILES string of the molecule is CC12CC[C@](C)(O1)[C@@H]1C(=O)N(c3ccc(Cl)c4nonc34)C(=O)[C@@H]12. The van der Waals surface area contributed by atoms with Gasteiger partial charge in [0.05, 0.1) is 33.7 Å². The maximum atomic E-state index is 13.1. The number of hydrogen-bond donors (Lipinski definition) is 0. The summed E-state index contributed by atoms with van der Waals surface area (Å²) in [6.45, 7) is 3.85. The monoisotopic (exact) mass is 347 g/mol. The summed E-state index contributed by atoms with van der Waals surface area (Å²) < 4.78 is 10.8. The summed E-state index contributed by atoms with van der Waals surface area (Å²) in [5.74, 6) is -1.42. The van der Waals surface area contributed by atoms with Crippen LogP contribution in [0.3, 0.4) is 0 Å². The van der Waals surface area contributed by atoms with Crippen LogP contribution < -0.4 is 4.90 Å². The van der Waals surface area contributed by atoms with Crippen molar-refractivity contribution < 1.29 is 19.0 Å². The summed E-state index contributed by atoms with van der Waals surface area (Å²) in [5.41, 5.74) is -0.161. The van der Waals surface area contributed by atoms with E-state index in [0.717, 1.165) is 12.8 Å². The van der Waals surface area contributed by atoms with Gasteiger partial charge in [0.1, 0.15) is 0 Å². The summed E-state index contributed by atoms with van der Waals surface area (Å²) in [6, 6.07) is 3.20. The van der Waals surface area contributed by atoms with Gasteiger partial charge in [-0.3, -0.25) is 9.59 Å². The molecular weight excluding hydrogens is 334 g/mol. The van der Waals surface area contributed by atoms with Gasteiger partial charge in [-0.15, -0.1) is 0 Å². The van der Waals surface area contributed by atoms with E-state index < -0.39 is 23.0 Å². The van der Waals surface area contributed by atoms with E-state index in [9.17, 15) is 9.59 Å². The van der Waals surface area contributed by atoms with E-state index in [-0.39, 0.29) is 11.8 Å². The number of benzene rings is 1. The molecule has 0 N–H and O–H groups in total. The minimum atomic E-state index is -0.589. The fourth-order valence-electron chi connectivity index (χ4n) is 4.71. The lowest BCUT2D eigenvalue weighted by atomic mass is 9.69. The van der Waals surface area contributed by atoms with Crippen molar-refractivity contribution in [3.05, 3.63) is 17.2 Å². The molecule has 2 bridgehead atoms. The van der Waals surface area contributed by atoms with Gasteiger partial charge in [0, 0.05) is 0 Å². The second-order valence-corrected chi connectivity index (χ2v) is 7.63. The summed E-state index contributed by atoms with van der Waals surface area (Å²) in [5, 5.41) is 7.94. The van der Waals surface area contributed by atoms with Crippen LogP contribution in [-0.4, -0.2) is 33.3 Å². The van der Waals surface area contributed by atoms with Crippen molar-refractivity contribution >= 4 is 40.1 Å². The fraction of sp³-hybridized carbons (Fsp3) is 0.500. The molecule has 4 heterocycles. The van der Waals surface area contributed by atoms with Crippen molar-refractivity contribution in [2.24, 2.45) is 11.8 Å². The van der Waals surface area contributed by atoms with Crippen LogP contribution in [0.5, 0.6) is 0 Å². The molecule has 24 heavy (non-hydrogen) atoms. The number of carbonyl (C=O) groups excluding carboxylic acids is 2. The molecule has 4 atom stereocenters. The number of ether oxygens (including phenoxy) is 1. The Morgan fingerprint density at radius 3 is 2.29 bits per heavy atom. The number of halogens is 1. The topological polar surface area (TPSA) is 85.5 Å². The van der Waals surface area contributed by atoms with E-state index >= 15 is 0 Å². The van der Waals surface area contributed by atoms with Gasteiger partial charge in [0.2, 0.25) is 11.8 Å². The highest BCUT2D eigenvalue weighted by molar-refractivity contribution is 6.36. The van der Waals surface area contributed by atoms with E-state index in [2.05, 4.69) is 10.3 Å². The van der Waals surface area contributed by atoms with Crippen molar-refractivity contribution in [1.29, 1.82) is 0 Å². The van der Waals surface area contributed by atoms with E-state index in [1.807, 2.05) is 13.8 Å². The van der Waals surface area contributed by atoms with Crippen LogP contribution in [0.1, 0.15) is 26.7 Å². The second-order valence-electron chi connectivity index (χ2n) is 7.22. The molecule has 5 rings (SSSR count). The maximum Gasteiger partial charge on any atom is 0.240 e. The predicted octanol–water partition coefficient (Wildman–Crippen LogP) is 2.32. The Hall–Kier alpha value is -1.99. The molecule has 0 spiro atoms. The minimum absolute atomic E-state index is 0.248. The number of amides is 2. The molecule has 3 aliphatic rings. The average molecular weight is 348 g/mol. The Balaban J connectivity index is 1.68. The van der Waals surface area contributed by atoms with E-state index in [1.165, 1.54) is 4.90 Å². The third-order valence-electron chi connectivity index (χ3n) is 5.79. The highest BCUT2D eigenvalue weighted by Crippen LogP contribution is 2.61. The molecule has 2 amide bonds. The molecule has 3 aliphatic heterocycles. The summed E-state index contributed by atoms with van der Waals surface area (Å²) in [4.78, 5) is 27.4. The third kappa shape index (κ3) is 1.48. The fourth-order valence-corrected chi connectivity index (χ4v) is 4.90. The molecule has 7 nitrogen and oxygen atoms in total. The zero-order valence-corrected chi connectivity index (χ0v) is 13.8. The molecule has 1 aromatic heterocycles. The van der Waals surface area contributed by atoms with Crippen molar-refractivity contribution in [3.8, 4) is 0 Å². The molecule has 0 saturated carbocycles. The lowest BCUT2D eigenvalue weighted by Gasteiger charge is -2.27. The van der Waals surface area contributed by atoms with Crippen LogP contribution in [0, 0.1) is 11.8 Å². The van der Waals surface area contributed by atoms with Gasteiger partial charge in [-0.2, -0.15) is 0 Å². The van der Waals surface area contributed by atoms with Gasteiger partial charge in [0.15, 0.2) is 11.0 Å². The highest BCUT2D eigenvalue weighted by atomic mass is 35.5. The summed E-state index contributed by atoms with van der Waals surface area (Å²) >= 11 is 6.08. The van der Waals surface area contributed by atoms with Gasteiger partial charge in [-0.05, 0) is 49.1 Å². The maximum absolute atomic E-state index is 13.1. The lowest BCUT2D eigenvalue weighted by molar-refractivity contribution is -0.129. The van der Waals surface area contributed by atoms with E-state index in [1.54, 1.807) is 12.1 Å². The standard InChI is InChI=1S/C16H14ClN3O4/c1-15-5-6-16(2,23-15)10-9(15)13(21)20(14(10)22)8-4-3-7(17)11-12(8)19-24-18-11/h3-4,9-10H,5-6H2,1-2H3/t9-,10+,15-,16?/m0/s1. The van der Waals surface area contributed by atoms with Gasteiger partial charge in [0.25, 0.3) is 0 Å². The molecule has 8 heteroatoms. The molecule has 2 aromatic rings. The largest absolute Gasteiger partial charge is 0.367 e. The molecule has 1 aromatic carbocycles. The number of anilines is 1. The third-order valence-corrected chi connectivity index (χ3v) is 6.10. The first kappa shape index (κ1) is 14.4. The first-order valence-electron chi connectivity index (χ1n) is 7.84. The molecular formula is C16H14ClN3O4. The van der Waals surface area contributed by atoms with Crippen LogP contribution in [0.2, 0.25) is 5.02 Å². The Morgan fingerprint density at radius 1 is 1.08 bits per heavy atom. The van der Waals surface area contributed by atoms with E-state index in [0.29, 0.717) is 21.7 Å². The van der Waals surface area contributed by atoms with E-state index in [4.69, 9.17) is 21.0 Å². The summed E-state index contributed by atoms with van der Waals surface area (Å²) in [6.07, 6.45) is 1.55. The quantitative estimate of drug-likeness (QED) is 0.736. The number of carbonyl (C=O) groups is 2. The zero-order chi connectivity index (χ0) is 16.9. The van der Waals surface area contributed by atoms with Crippen LogP contribution in [-0.2, 0) is 14.3 Å². The lowest BCUT2D eigenvalue weighted by Crippen LogP contribution is -2.40.